The number of rotatable bonds is 5. The van der Waals surface area contributed by atoms with Crippen LogP contribution < -0.4 is 11.1 Å². The highest BCUT2D eigenvalue weighted by Gasteiger charge is 2.07. The first kappa shape index (κ1) is 12.4. The minimum Gasteiger partial charge on any atom is -0.462 e. The van der Waals surface area contributed by atoms with Gasteiger partial charge in [-0.2, -0.15) is 0 Å². The van der Waals surface area contributed by atoms with Crippen molar-refractivity contribution in [2.75, 3.05) is 18.5 Å². The largest absolute Gasteiger partial charge is 0.462 e. The minimum absolute atomic E-state index is 0.154. The molecule has 5 heteroatoms. The summed E-state index contributed by atoms with van der Waals surface area (Å²) in [7, 11) is 0. The summed E-state index contributed by atoms with van der Waals surface area (Å²) in [5.41, 5.74) is 5.92. The van der Waals surface area contributed by atoms with E-state index < -0.39 is 0 Å². The van der Waals surface area contributed by atoms with E-state index in [1.165, 1.54) is 6.20 Å². The molecule has 0 fully saturated rings. The number of hydrogen-bond acceptors (Lipinski definition) is 5. The first-order valence-electron chi connectivity index (χ1n) is 5.27. The smallest absolute Gasteiger partial charge is 0.339 e. The fourth-order valence-corrected chi connectivity index (χ4v) is 1.13. The van der Waals surface area contributed by atoms with Crippen LogP contribution in [0, 0.1) is 0 Å². The molecule has 1 heterocycles. The van der Waals surface area contributed by atoms with Crippen molar-refractivity contribution in [3.05, 3.63) is 23.9 Å². The number of esters is 1. The van der Waals surface area contributed by atoms with Crippen LogP contribution in [0.15, 0.2) is 18.3 Å². The van der Waals surface area contributed by atoms with Crippen LogP contribution in [0.25, 0.3) is 0 Å². The number of aromatic nitrogens is 1. The first-order valence-corrected chi connectivity index (χ1v) is 5.27. The normalized spacial score (nSPS) is 11.9. The lowest BCUT2D eigenvalue weighted by atomic mass is 10.2. The van der Waals surface area contributed by atoms with E-state index in [4.69, 9.17) is 10.5 Å². The Morgan fingerprint density at radius 1 is 1.62 bits per heavy atom. The molecule has 5 nitrogen and oxygen atoms in total. The molecule has 1 aromatic rings. The van der Waals surface area contributed by atoms with Gasteiger partial charge >= 0.3 is 5.97 Å². The molecular weight excluding hydrogens is 206 g/mol. The topological polar surface area (TPSA) is 77.2 Å². The summed E-state index contributed by atoms with van der Waals surface area (Å²) in [6, 6.07) is 3.57. The van der Waals surface area contributed by atoms with Crippen molar-refractivity contribution in [2.45, 2.75) is 19.9 Å². The lowest BCUT2D eigenvalue weighted by Crippen LogP contribution is -2.25. The zero-order valence-corrected chi connectivity index (χ0v) is 9.56. The molecule has 1 unspecified atom stereocenters. The van der Waals surface area contributed by atoms with E-state index in [0.717, 1.165) is 0 Å². The Morgan fingerprint density at radius 3 is 2.88 bits per heavy atom. The van der Waals surface area contributed by atoms with Crippen LogP contribution in [0.2, 0.25) is 0 Å². The molecule has 1 rings (SSSR count). The molecule has 0 aliphatic carbocycles. The Labute approximate surface area is 95.0 Å². The van der Waals surface area contributed by atoms with Crippen LogP contribution in [0.1, 0.15) is 24.2 Å². The lowest BCUT2D eigenvalue weighted by Gasteiger charge is -2.11. The molecule has 0 aliphatic heterocycles. The average Bonchev–Trinajstić information content (AvgIpc) is 2.30. The molecule has 0 saturated heterocycles. The summed E-state index contributed by atoms with van der Waals surface area (Å²) >= 11 is 0. The highest BCUT2D eigenvalue weighted by atomic mass is 16.5. The fourth-order valence-electron chi connectivity index (χ4n) is 1.13. The second-order valence-corrected chi connectivity index (χ2v) is 3.43. The summed E-state index contributed by atoms with van der Waals surface area (Å²) in [6.45, 7) is 4.62. The molecule has 1 atom stereocenters. The van der Waals surface area contributed by atoms with Crippen molar-refractivity contribution in [1.29, 1.82) is 0 Å². The maximum atomic E-state index is 11.3. The Balaban J connectivity index is 2.64. The van der Waals surface area contributed by atoms with Crippen molar-refractivity contribution in [2.24, 2.45) is 5.73 Å². The van der Waals surface area contributed by atoms with Crippen molar-refractivity contribution < 1.29 is 9.53 Å². The van der Waals surface area contributed by atoms with E-state index in [0.29, 0.717) is 24.5 Å². The fraction of sp³-hybridized carbons (Fsp3) is 0.455. The zero-order chi connectivity index (χ0) is 12.0. The summed E-state index contributed by atoms with van der Waals surface area (Å²) in [5, 5.41) is 3.10. The number of pyridine rings is 1. The SMILES string of the molecule is CCOC(=O)c1ccc(NC(C)CN)nc1. The maximum absolute atomic E-state index is 11.3. The van der Waals surface area contributed by atoms with E-state index >= 15 is 0 Å². The zero-order valence-electron chi connectivity index (χ0n) is 9.56. The molecule has 1 aromatic heterocycles. The monoisotopic (exact) mass is 223 g/mol. The summed E-state index contributed by atoms with van der Waals surface area (Å²) in [4.78, 5) is 15.4. The van der Waals surface area contributed by atoms with E-state index in [9.17, 15) is 4.79 Å². The van der Waals surface area contributed by atoms with Crippen molar-refractivity contribution in [1.82, 2.24) is 4.98 Å². The molecule has 88 valence electrons. The number of ether oxygens (including phenoxy) is 1. The number of nitrogens with zero attached hydrogens (tertiary/aromatic N) is 1. The molecule has 16 heavy (non-hydrogen) atoms. The van der Waals surface area contributed by atoms with Gasteiger partial charge in [0.15, 0.2) is 0 Å². The van der Waals surface area contributed by atoms with Gasteiger partial charge < -0.3 is 15.8 Å². The van der Waals surface area contributed by atoms with Crippen LogP contribution in [-0.2, 0) is 4.74 Å². The van der Waals surface area contributed by atoms with Crippen molar-refractivity contribution >= 4 is 11.8 Å². The van der Waals surface area contributed by atoms with E-state index in [1.54, 1.807) is 19.1 Å². The van der Waals surface area contributed by atoms with Gasteiger partial charge in [-0.05, 0) is 26.0 Å². The van der Waals surface area contributed by atoms with Crippen LogP contribution in [0.4, 0.5) is 5.82 Å². The molecule has 0 radical (unpaired) electrons. The highest BCUT2D eigenvalue weighted by Crippen LogP contribution is 2.07. The standard InChI is InChI=1S/C11H17N3O2/c1-3-16-11(15)9-4-5-10(13-7-9)14-8(2)6-12/h4-5,7-8H,3,6,12H2,1-2H3,(H,13,14). The molecule has 0 amide bonds. The van der Waals surface area contributed by atoms with Crippen LogP contribution in [0.5, 0.6) is 0 Å². The molecule has 0 bridgehead atoms. The van der Waals surface area contributed by atoms with Crippen molar-refractivity contribution in [3.8, 4) is 0 Å². The third-order valence-electron chi connectivity index (χ3n) is 2.02. The second kappa shape index (κ2) is 6.07. The second-order valence-electron chi connectivity index (χ2n) is 3.43. The summed E-state index contributed by atoms with van der Waals surface area (Å²) < 4.78 is 4.85. The number of nitrogens with two attached hydrogens (primary N) is 1. The summed E-state index contributed by atoms with van der Waals surface area (Å²) in [5.74, 6) is 0.347. The number of hydrogen-bond donors (Lipinski definition) is 2. The third-order valence-corrected chi connectivity index (χ3v) is 2.02. The number of carbonyl (C=O) groups excluding carboxylic acids is 1. The molecule has 0 spiro atoms. The van der Waals surface area contributed by atoms with Gasteiger partial charge in [-0.25, -0.2) is 9.78 Å². The Bertz CT molecular complexity index is 338. The quantitative estimate of drug-likeness (QED) is 0.729. The first-order chi connectivity index (χ1) is 7.67. The maximum Gasteiger partial charge on any atom is 0.339 e. The predicted octanol–water partition coefficient (Wildman–Crippen LogP) is 1.02. The van der Waals surface area contributed by atoms with Crippen LogP contribution in [0.3, 0.4) is 0 Å². The number of carbonyl (C=O) groups is 1. The Hall–Kier alpha value is -1.62. The molecule has 3 N–H and O–H groups in total. The molecule has 0 aromatic carbocycles. The van der Waals surface area contributed by atoms with E-state index in [1.807, 2.05) is 6.92 Å². The van der Waals surface area contributed by atoms with Gasteiger partial charge in [0.1, 0.15) is 5.82 Å². The van der Waals surface area contributed by atoms with E-state index in [-0.39, 0.29) is 12.0 Å². The van der Waals surface area contributed by atoms with Gasteiger partial charge in [0.25, 0.3) is 0 Å². The molecular formula is C11H17N3O2. The van der Waals surface area contributed by atoms with Gasteiger partial charge in [-0.15, -0.1) is 0 Å². The highest BCUT2D eigenvalue weighted by molar-refractivity contribution is 5.89. The van der Waals surface area contributed by atoms with E-state index in [2.05, 4.69) is 10.3 Å². The average molecular weight is 223 g/mol. The lowest BCUT2D eigenvalue weighted by molar-refractivity contribution is 0.0526. The summed E-state index contributed by atoms with van der Waals surface area (Å²) in [6.07, 6.45) is 1.49. The van der Waals surface area contributed by atoms with Crippen LogP contribution in [-0.4, -0.2) is 30.1 Å². The minimum atomic E-state index is -0.353. The van der Waals surface area contributed by atoms with Crippen LogP contribution >= 0.6 is 0 Å². The van der Waals surface area contributed by atoms with Gasteiger partial charge in [-0.1, -0.05) is 0 Å². The molecule has 0 aliphatic rings. The Kier molecular flexibility index (Phi) is 4.72. The Morgan fingerprint density at radius 2 is 2.38 bits per heavy atom. The predicted molar refractivity (Wildman–Crippen MR) is 62.3 cm³/mol. The van der Waals surface area contributed by atoms with Gasteiger partial charge in [0.05, 0.1) is 12.2 Å². The number of nitrogens with one attached hydrogen (secondary N) is 1. The van der Waals surface area contributed by atoms with Gasteiger partial charge in [-0.3, -0.25) is 0 Å². The molecule has 0 saturated carbocycles. The number of anilines is 1. The van der Waals surface area contributed by atoms with Gasteiger partial charge in [0.2, 0.25) is 0 Å². The third kappa shape index (κ3) is 3.51. The van der Waals surface area contributed by atoms with Crippen molar-refractivity contribution in [3.63, 3.8) is 0 Å². The van der Waals surface area contributed by atoms with Gasteiger partial charge in [0, 0.05) is 18.8 Å².